The maximum atomic E-state index is 13.3. The fraction of sp³-hybridized carbons (Fsp3) is 0.353. The first-order chi connectivity index (χ1) is 11.5. The number of primary amides is 1. The predicted octanol–water partition coefficient (Wildman–Crippen LogP) is 2.43. The fourth-order valence-electron chi connectivity index (χ4n) is 1.82. The van der Waals surface area contributed by atoms with E-state index >= 15 is 0 Å². The summed E-state index contributed by atoms with van der Waals surface area (Å²) < 4.78 is 13.3. The number of benzene rings is 1. The summed E-state index contributed by atoms with van der Waals surface area (Å²) in [4.78, 5) is 17.1. The summed E-state index contributed by atoms with van der Waals surface area (Å²) >= 11 is 0. The molecule has 7 heteroatoms. The first-order valence-electron chi connectivity index (χ1n) is 7.63. The maximum Gasteiger partial charge on any atom is 0.222 e. The van der Waals surface area contributed by atoms with Crippen LogP contribution in [0.4, 0.5) is 10.3 Å². The standard InChI is InChI=1S/C14H16FN3O.C2H6.CH3NO/c1-9-7-11(3-4-13(9)15)12-8-17-14(16-5-6-19)18-10(12)2;1-2;2-1-3/h3-4,7-8,19H,5-6H2,1-2H3,(H,16,17,18);1-2H3;1H,(H2,2,3). The summed E-state index contributed by atoms with van der Waals surface area (Å²) in [5, 5.41) is 11.6. The molecule has 0 fully saturated rings. The summed E-state index contributed by atoms with van der Waals surface area (Å²) in [6.07, 6.45) is 1.95. The molecule has 0 aliphatic rings. The van der Waals surface area contributed by atoms with Gasteiger partial charge in [-0.2, -0.15) is 0 Å². The zero-order chi connectivity index (χ0) is 18.5. The molecule has 1 heterocycles. The average Bonchev–Trinajstić information content (AvgIpc) is 2.58. The smallest absolute Gasteiger partial charge is 0.222 e. The van der Waals surface area contributed by atoms with Crippen LogP contribution in [0.2, 0.25) is 0 Å². The van der Waals surface area contributed by atoms with Gasteiger partial charge in [0.25, 0.3) is 0 Å². The number of nitrogens with zero attached hydrogens (tertiary/aromatic N) is 2. The highest BCUT2D eigenvalue weighted by Gasteiger charge is 2.07. The third-order valence-electron chi connectivity index (χ3n) is 2.84. The Kier molecular flexibility index (Phi) is 10.7. The highest BCUT2D eigenvalue weighted by molar-refractivity contribution is 5.66. The van der Waals surface area contributed by atoms with Crippen molar-refractivity contribution in [3.8, 4) is 11.1 Å². The van der Waals surface area contributed by atoms with E-state index in [1.54, 1.807) is 25.3 Å². The van der Waals surface area contributed by atoms with Crippen LogP contribution >= 0.6 is 0 Å². The van der Waals surface area contributed by atoms with Crippen molar-refractivity contribution in [3.63, 3.8) is 0 Å². The highest BCUT2D eigenvalue weighted by Crippen LogP contribution is 2.24. The minimum atomic E-state index is -0.219. The number of aryl methyl sites for hydroxylation is 2. The number of nitrogens with one attached hydrogen (secondary N) is 1. The van der Waals surface area contributed by atoms with Crippen molar-refractivity contribution >= 4 is 12.4 Å². The van der Waals surface area contributed by atoms with Gasteiger partial charge >= 0.3 is 0 Å². The number of rotatable bonds is 4. The molecule has 0 atom stereocenters. The Hall–Kier alpha value is -2.54. The molecule has 4 N–H and O–H groups in total. The van der Waals surface area contributed by atoms with Gasteiger partial charge in [-0.1, -0.05) is 19.9 Å². The Morgan fingerprint density at radius 1 is 1.33 bits per heavy atom. The number of hydrogen-bond donors (Lipinski definition) is 3. The van der Waals surface area contributed by atoms with Crippen LogP contribution in [0.5, 0.6) is 0 Å². The zero-order valence-electron chi connectivity index (χ0n) is 14.5. The molecule has 0 bridgehead atoms. The van der Waals surface area contributed by atoms with Gasteiger partial charge in [-0.05, 0) is 37.1 Å². The van der Waals surface area contributed by atoms with Crippen LogP contribution in [-0.4, -0.2) is 34.6 Å². The maximum absolute atomic E-state index is 13.3. The van der Waals surface area contributed by atoms with Gasteiger partial charge < -0.3 is 16.2 Å². The fourth-order valence-corrected chi connectivity index (χ4v) is 1.82. The number of carbonyl (C=O) groups excluding carboxylic acids is 1. The van der Waals surface area contributed by atoms with E-state index in [0.29, 0.717) is 18.1 Å². The molecular weight excluding hydrogens is 311 g/mol. The summed E-state index contributed by atoms with van der Waals surface area (Å²) in [6.45, 7) is 8.04. The normalized spacial score (nSPS) is 9.08. The number of aromatic nitrogens is 2. The number of aliphatic hydroxyl groups excluding tert-OH is 1. The van der Waals surface area contributed by atoms with Gasteiger partial charge in [0.2, 0.25) is 12.4 Å². The van der Waals surface area contributed by atoms with Crippen LogP contribution in [0.15, 0.2) is 24.4 Å². The summed E-state index contributed by atoms with van der Waals surface area (Å²) in [5.74, 6) is 0.262. The number of hydrogen-bond acceptors (Lipinski definition) is 5. The molecule has 1 amide bonds. The second-order valence-corrected chi connectivity index (χ2v) is 4.44. The van der Waals surface area contributed by atoms with Crippen LogP contribution < -0.4 is 11.1 Å². The Morgan fingerprint density at radius 3 is 2.46 bits per heavy atom. The molecule has 1 aromatic heterocycles. The largest absolute Gasteiger partial charge is 0.395 e. The van der Waals surface area contributed by atoms with Crippen molar-refractivity contribution in [2.75, 3.05) is 18.5 Å². The van der Waals surface area contributed by atoms with Crippen LogP contribution in [-0.2, 0) is 4.79 Å². The Bertz CT molecular complexity index is 636. The van der Waals surface area contributed by atoms with E-state index in [1.807, 2.05) is 20.8 Å². The Balaban J connectivity index is 0.000000952. The minimum Gasteiger partial charge on any atom is -0.395 e. The van der Waals surface area contributed by atoms with Crippen LogP contribution in [0, 0.1) is 19.7 Å². The van der Waals surface area contributed by atoms with E-state index in [1.165, 1.54) is 6.07 Å². The SMILES string of the molecule is CC.Cc1cc(-c2cnc(NCCO)nc2C)ccc1F.NC=O. The van der Waals surface area contributed by atoms with E-state index in [4.69, 9.17) is 9.90 Å². The topological polar surface area (TPSA) is 101 Å². The molecule has 0 aliphatic heterocycles. The molecule has 132 valence electrons. The van der Waals surface area contributed by atoms with Gasteiger partial charge in [-0.3, -0.25) is 4.79 Å². The lowest BCUT2D eigenvalue weighted by molar-refractivity contribution is -0.106. The molecule has 0 saturated carbocycles. The monoisotopic (exact) mass is 336 g/mol. The van der Waals surface area contributed by atoms with Crippen molar-refractivity contribution < 1.29 is 14.3 Å². The van der Waals surface area contributed by atoms with Crippen molar-refractivity contribution in [1.29, 1.82) is 0 Å². The van der Waals surface area contributed by atoms with Gasteiger partial charge in [0.1, 0.15) is 5.82 Å². The number of anilines is 1. The lowest BCUT2D eigenvalue weighted by atomic mass is 10.0. The van der Waals surface area contributed by atoms with E-state index in [9.17, 15) is 4.39 Å². The minimum absolute atomic E-state index is 0.0291. The summed E-state index contributed by atoms with van der Waals surface area (Å²) in [5.41, 5.74) is 7.34. The molecule has 2 aromatic rings. The van der Waals surface area contributed by atoms with Crippen molar-refractivity contribution in [1.82, 2.24) is 9.97 Å². The quantitative estimate of drug-likeness (QED) is 0.744. The van der Waals surface area contributed by atoms with Crippen molar-refractivity contribution in [2.24, 2.45) is 5.73 Å². The van der Waals surface area contributed by atoms with E-state index in [2.05, 4.69) is 21.0 Å². The molecular formula is C17H25FN4O2. The molecule has 1 aromatic carbocycles. The molecule has 0 spiro atoms. The number of amides is 1. The van der Waals surface area contributed by atoms with Gasteiger partial charge in [0, 0.05) is 18.3 Å². The molecule has 0 radical (unpaired) electrons. The number of carbonyl (C=O) groups is 1. The molecule has 24 heavy (non-hydrogen) atoms. The van der Waals surface area contributed by atoms with E-state index in [0.717, 1.165) is 16.8 Å². The number of halogens is 1. The average molecular weight is 336 g/mol. The van der Waals surface area contributed by atoms with Gasteiger partial charge in [0.05, 0.1) is 12.3 Å². The lowest BCUT2D eigenvalue weighted by Gasteiger charge is -2.09. The second-order valence-electron chi connectivity index (χ2n) is 4.44. The third-order valence-corrected chi connectivity index (χ3v) is 2.84. The zero-order valence-corrected chi connectivity index (χ0v) is 14.5. The number of aliphatic hydroxyl groups is 1. The Morgan fingerprint density at radius 2 is 1.96 bits per heavy atom. The van der Waals surface area contributed by atoms with E-state index in [-0.39, 0.29) is 18.8 Å². The van der Waals surface area contributed by atoms with Crippen LogP contribution in [0.3, 0.4) is 0 Å². The first kappa shape index (κ1) is 21.5. The molecule has 6 nitrogen and oxygen atoms in total. The van der Waals surface area contributed by atoms with Crippen LogP contribution in [0.25, 0.3) is 11.1 Å². The molecule has 0 saturated heterocycles. The predicted molar refractivity (Wildman–Crippen MR) is 94.1 cm³/mol. The molecule has 0 unspecified atom stereocenters. The van der Waals surface area contributed by atoms with Crippen molar-refractivity contribution in [2.45, 2.75) is 27.7 Å². The highest BCUT2D eigenvalue weighted by atomic mass is 19.1. The molecule has 2 rings (SSSR count). The first-order valence-corrected chi connectivity index (χ1v) is 7.63. The Labute approximate surface area is 142 Å². The van der Waals surface area contributed by atoms with E-state index < -0.39 is 0 Å². The van der Waals surface area contributed by atoms with Crippen LogP contribution in [0.1, 0.15) is 25.1 Å². The lowest BCUT2D eigenvalue weighted by Crippen LogP contribution is -2.09. The van der Waals surface area contributed by atoms with Gasteiger partial charge in [0.15, 0.2) is 0 Å². The molecule has 0 aliphatic carbocycles. The summed E-state index contributed by atoms with van der Waals surface area (Å²) in [7, 11) is 0. The number of nitrogens with two attached hydrogens (primary N) is 1. The van der Waals surface area contributed by atoms with Crippen molar-refractivity contribution in [3.05, 3.63) is 41.5 Å². The second kappa shape index (κ2) is 12.0. The summed E-state index contributed by atoms with van der Waals surface area (Å²) in [6, 6.07) is 4.94. The third kappa shape index (κ3) is 6.70. The van der Waals surface area contributed by atoms with Gasteiger partial charge in [-0.25, -0.2) is 14.4 Å². The van der Waals surface area contributed by atoms with Gasteiger partial charge in [-0.15, -0.1) is 0 Å².